The van der Waals surface area contributed by atoms with E-state index in [4.69, 9.17) is 22.1 Å². The Bertz CT molecular complexity index is 613. The van der Waals surface area contributed by atoms with Gasteiger partial charge in [-0.25, -0.2) is 0 Å². The molecular formula is C16H22ClN3O3. The van der Waals surface area contributed by atoms with E-state index in [1.165, 1.54) is 7.11 Å². The van der Waals surface area contributed by atoms with Crippen LogP contribution in [0.2, 0.25) is 5.02 Å². The van der Waals surface area contributed by atoms with E-state index in [0.29, 0.717) is 29.5 Å². The normalized spacial score (nSPS) is 18.2. The number of carbonyl (C=O) groups excluding carboxylic acids is 2. The molecule has 1 atom stereocenters. The molecule has 0 aromatic heterocycles. The second kappa shape index (κ2) is 6.76. The second-order valence-corrected chi connectivity index (χ2v) is 6.86. The first-order chi connectivity index (χ1) is 10.7. The van der Waals surface area contributed by atoms with Gasteiger partial charge in [-0.1, -0.05) is 11.6 Å². The standard InChI is InChI=1S/C16H22ClN3O3/c1-16(2,18)9-19-15(22)10-6-14(21)20(8-10)12-7-11(17)4-5-13(12)23-3/h4-5,7,10H,6,8-9,18H2,1-3H3,(H,19,22). The van der Waals surface area contributed by atoms with Crippen LogP contribution in [0.1, 0.15) is 20.3 Å². The number of carbonyl (C=O) groups is 2. The summed E-state index contributed by atoms with van der Waals surface area (Å²) in [5.41, 5.74) is 5.95. The second-order valence-electron chi connectivity index (χ2n) is 6.43. The number of rotatable bonds is 5. The van der Waals surface area contributed by atoms with Crippen LogP contribution in [-0.2, 0) is 9.59 Å². The van der Waals surface area contributed by atoms with Gasteiger partial charge in [0.25, 0.3) is 0 Å². The molecule has 126 valence electrons. The number of hydrogen-bond donors (Lipinski definition) is 2. The summed E-state index contributed by atoms with van der Waals surface area (Å²) in [5.74, 6) is -0.154. The van der Waals surface area contributed by atoms with Crippen LogP contribution in [0.3, 0.4) is 0 Å². The molecule has 6 nitrogen and oxygen atoms in total. The molecular weight excluding hydrogens is 318 g/mol. The molecule has 7 heteroatoms. The first-order valence-electron chi connectivity index (χ1n) is 7.42. The number of nitrogens with zero attached hydrogens (tertiary/aromatic N) is 1. The van der Waals surface area contributed by atoms with Crippen molar-refractivity contribution in [1.29, 1.82) is 0 Å². The van der Waals surface area contributed by atoms with E-state index >= 15 is 0 Å². The molecule has 0 bridgehead atoms. The molecule has 23 heavy (non-hydrogen) atoms. The fraction of sp³-hybridized carbons (Fsp3) is 0.500. The Kier molecular flexibility index (Phi) is 5.16. The van der Waals surface area contributed by atoms with Crippen molar-refractivity contribution in [2.75, 3.05) is 25.1 Å². The lowest BCUT2D eigenvalue weighted by Crippen LogP contribution is -2.46. The lowest BCUT2D eigenvalue weighted by atomic mass is 10.1. The Morgan fingerprint density at radius 2 is 2.22 bits per heavy atom. The predicted octanol–water partition coefficient (Wildman–Crippen LogP) is 1.55. The molecule has 1 aliphatic rings. The van der Waals surface area contributed by atoms with E-state index in [9.17, 15) is 9.59 Å². The van der Waals surface area contributed by atoms with E-state index in [0.717, 1.165) is 0 Å². The summed E-state index contributed by atoms with van der Waals surface area (Å²) in [5, 5.41) is 3.30. The molecule has 3 N–H and O–H groups in total. The minimum atomic E-state index is -0.492. The maximum atomic E-state index is 12.3. The van der Waals surface area contributed by atoms with Gasteiger partial charge >= 0.3 is 0 Å². The van der Waals surface area contributed by atoms with Crippen LogP contribution in [0.25, 0.3) is 0 Å². The zero-order valence-corrected chi connectivity index (χ0v) is 14.3. The molecule has 1 fully saturated rings. The Morgan fingerprint density at radius 3 is 2.83 bits per heavy atom. The summed E-state index contributed by atoms with van der Waals surface area (Å²) in [6, 6.07) is 5.06. The van der Waals surface area contributed by atoms with Crippen LogP contribution >= 0.6 is 11.6 Å². The smallest absolute Gasteiger partial charge is 0.227 e. The molecule has 0 spiro atoms. The molecule has 1 heterocycles. The van der Waals surface area contributed by atoms with Gasteiger partial charge < -0.3 is 20.7 Å². The summed E-state index contributed by atoms with van der Waals surface area (Å²) in [4.78, 5) is 26.1. The van der Waals surface area contributed by atoms with Crippen LogP contribution in [0.5, 0.6) is 5.75 Å². The van der Waals surface area contributed by atoms with Crippen molar-refractivity contribution in [2.24, 2.45) is 11.7 Å². The number of anilines is 1. The van der Waals surface area contributed by atoms with Crippen molar-refractivity contribution in [2.45, 2.75) is 25.8 Å². The van der Waals surface area contributed by atoms with E-state index in [1.54, 1.807) is 23.1 Å². The monoisotopic (exact) mass is 339 g/mol. The highest BCUT2D eigenvalue weighted by Crippen LogP contribution is 2.35. The number of nitrogens with two attached hydrogens (primary N) is 1. The number of halogens is 1. The van der Waals surface area contributed by atoms with Gasteiger partial charge in [0.05, 0.1) is 18.7 Å². The van der Waals surface area contributed by atoms with Gasteiger partial charge in [0, 0.05) is 30.1 Å². The third kappa shape index (κ3) is 4.36. The summed E-state index contributed by atoms with van der Waals surface area (Å²) < 4.78 is 5.28. The molecule has 1 saturated heterocycles. The van der Waals surface area contributed by atoms with E-state index in [1.807, 2.05) is 13.8 Å². The largest absolute Gasteiger partial charge is 0.495 e. The van der Waals surface area contributed by atoms with Gasteiger partial charge in [0.2, 0.25) is 11.8 Å². The van der Waals surface area contributed by atoms with Crippen molar-refractivity contribution < 1.29 is 14.3 Å². The van der Waals surface area contributed by atoms with Gasteiger partial charge in [-0.2, -0.15) is 0 Å². The van der Waals surface area contributed by atoms with Crippen LogP contribution < -0.4 is 20.7 Å². The Morgan fingerprint density at radius 1 is 1.52 bits per heavy atom. The third-order valence-corrected chi connectivity index (χ3v) is 3.88. The molecule has 1 aromatic carbocycles. The summed E-state index contributed by atoms with van der Waals surface area (Å²) in [6.45, 7) is 4.32. The fourth-order valence-corrected chi connectivity index (χ4v) is 2.62. The predicted molar refractivity (Wildman–Crippen MR) is 89.7 cm³/mol. The number of methoxy groups -OCH3 is 1. The van der Waals surface area contributed by atoms with Gasteiger partial charge in [-0.15, -0.1) is 0 Å². The van der Waals surface area contributed by atoms with Crippen molar-refractivity contribution in [3.05, 3.63) is 23.2 Å². The lowest BCUT2D eigenvalue weighted by Gasteiger charge is -2.21. The Labute approximate surface area is 140 Å². The molecule has 1 aliphatic heterocycles. The first-order valence-corrected chi connectivity index (χ1v) is 7.79. The highest BCUT2D eigenvalue weighted by molar-refractivity contribution is 6.31. The van der Waals surface area contributed by atoms with E-state index < -0.39 is 11.5 Å². The van der Waals surface area contributed by atoms with Gasteiger partial charge in [-0.05, 0) is 32.0 Å². The van der Waals surface area contributed by atoms with Crippen molar-refractivity contribution in [3.8, 4) is 5.75 Å². The van der Waals surface area contributed by atoms with E-state index in [-0.39, 0.29) is 18.2 Å². The van der Waals surface area contributed by atoms with Crippen molar-refractivity contribution >= 4 is 29.1 Å². The molecule has 1 unspecified atom stereocenters. The van der Waals surface area contributed by atoms with E-state index in [2.05, 4.69) is 5.32 Å². The number of amides is 2. The minimum Gasteiger partial charge on any atom is -0.495 e. The quantitative estimate of drug-likeness (QED) is 0.852. The summed E-state index contributed by atoms with van der Waals surface area (Å²) in [7, 11) is 1.53. The SMILES string of the molecule is COc1ccc(Cl)cc1N1CC(C(=O)NCC(C)(C)N)CC1=O. The van der Waals surface area contributed by atoms with Crippen LogP contribution in [0, 0.1) is 5.92 Å². The fourth-order valence-electron chi connectivity index (χ4n) is 2.45. The topological polar surface area (TPSA) is 84.7 Å². The average Bonchev–Trinajstić information content (AvgIpc) is 2.86. The zero-order chi connectivity index (χ0) is 17.2. The average molecular weight is 340 g/mol. The van der Waals surface area contributed by atoms with Crippen LogP contribution in [0.4, 0.5) is 5.69 Å². The Hall–Kier alpha value is -1.79. The number of hydrogen-bond acceptors (Lipinski definition) is 4. The van der Waals surface area contributed by atoms with Gasteiger partial charge in [0.1, 0.15) is 5.75 Å². The van der Waals surface area contributed by atoms with Gasteiger partial charge in [0.15, 0.2) is 0 Å². The summed E-state index contributed by atoms with van der Waals surface area (Å²) in [6.07, 6.45) is 0.159. The maximum Gasteiger partial charge on any atom is 0.227 e. The summed E-state index contributed by atoms with van der Waals surface area (Å²) >= 11 is 6.01. The number of benzene rings is 1. The van der Waals surface area contributed by atoms with Crippen LogP contribution in [0.15, 0.2) is 18.2 Å². The minimum absolute atomic E-state index is 0.127. The Balaban J connectivity index is 2.11. The highest BCUT2D eigenvalue weighted by atomic mass is 35.5. The molecule has 0 aliphatic carbocycles. The third-order valence-electron chi connectivity index (χ3n) is 3.65. The molecule has 2 amide bonds. The van der Waals surface area contributed by atoms with Crippen molar-refractivity contribution in [3.63, 3.8) is 0 Å². The molecule has 2 rings (SSSR count). The lowest BCUT2D eigenvalue weighted by molar-refractivity contribution is -0.126. The van der Waals surface area contributed by atoms with Gasteiger partial charge in [-0.3, -0.25) is 9.59 Å². The zero-order valence-electron chi connectivity index (χ0n) is 13.6. The van der Waals surface area contributed by atoms with Crippen molar-refractivity contribution in [1.82, 2.24) is 5.32 Å². The number of nitrogens with one attached hydrogen (secondary N) is 1. The number of ether oxygens (including phenoxy) is 1. The molecule has 0 saturated carbocycles. The highest BCUT2D eigenvalue weighted by Gasteiger charge is 2.36. The molecule has 1 aromatic rings. The first kappa shape index (κ1) is 17.6. The van der Waals surface area contributed by atoms with Crippen LogP contribution in [-0.4, -0.2) is 37.6 Å². The maximum absolute atomic E-state index is 12.3. The molecule has 0 radical (unpaired) electrons.